The van der Waals surface area contributed by atoms with Crippen molar-refractivity contribution in [1.82, 2.24) is 9.71 Å². The Morgan fingerprint density at radius 2 is 1.85 bits per heavy atom. The van der Waals surface area contributed by atoms with Gasteiger partial charge in [-0.2, -0.15) is 9.98 Å². The lowest BCUT2D eigenvalue weighted by atomic mass is 9.86. The van der Waals surface area contributed by atoms with Crippen LogP contribution in [0.2, 0.25) is 0 Å². The van der Waals surface area contributed by atoms with Gasteiger partial charge in [-0.15, -0.1) is 0 Å². The van der Waals surface area contributed by atoms with Crippen LogP contribution in [0.4, 0.5) is 0 Å². The Labute approximate surface area is 120 Å². The van der Waals surface area contributed by atoms with Gasteiger partial charge in [-0.25, -0.2) is 8.42 Å². The molecular formula is C14H19N3O2S. The van der Waals surface area contributed by atoms with Crippen molar-refractivity contribution in [2.24, 2.45) is 0 Å². The number of hydrogen-bond acceptors (Lipinski definition) is 4. The van der Waals surface area contributed by atoms with Crippen LogP contribution in [0.1, 0.15) is 44.9 Å². The smallest absolute Gasteiger partial charge is 0.243 e. The van der Waals surface area contributed by atoms with Crippen LogP contribution in [0.5, 0.6) is 0 Å². The van der Waals surface area contributed by atoms with E-state index in [2.05, 4.69) is 15.8 Å². The average molecular weight is 293 g/mol. The average Bonchev–Trinajstić information content (AvgIpc) is 2.43. The Morgan fingerprint density at radius 3 is 2.40 bits per heavy atom. The van der Waals surface area contributed by atoms with E-state index in [1.165, 1.54) is 18.5 Å². The van der Waals surface area contributed by atoms with E-state index in [1.54, 1.807) is 6.07 Å². The molecule has 0 aliphatic heterocycles. The van der Waals surface area contributed by atoms with Crippen LogP contribution in [0, 0.1) is 11.3 Å². The van der Waals surface area contributed by atoms with Gasteiger partial charge in [0.2, 0.25) is 10.0 Å². The van der Waals surface area contributed by atoms with Crippen molar-refractivity contribution in [2.45, 2.75) is 55.4 Å². The predicted octanol–water partition coefficient (Wildman–Crippen LogP) is 2.37. The van der Waals surface area contributed by atoms with Gasteiger partial charge in [0, 0.05) is 12.4 Å². The molecule has 5 nitrogen and oxygen atoms in total. The fourth-order valence-electron chi connectivity index (χ4n) is 2.57. The zero-order chi connectivity index (χ0) is 14.5. The summed E-state index contributed by atoms with van der Waals surface area (Å²) in [5.74, 6) is 0. The van der Waals surface area contributed by atoms with Crippen LogP contribution in [0.15, 0.2) is 29.4 Å². The van der Waals surface area contributed by atoms with E-state index in [0.29, 0.717) is 12.8 Å². The monoisotopic (exact) mass is 293 g/mol. The van der Waals surface area contributed by atoms with Crippen molar-refractivity contribution in [3.63, 3.8) is 0 Å². The fraction of sp³-hybridized carbons (Fsp3) is 0.571. The van der Waals surface area contributed by atoms with Crippen LogP contribution < -0.4 is 4.72 Å². The molecule has 0 atom stereocenters. The molecule has 1 aliphatic rings. The third-order valence-electron chi connectivity index (χ3n) is 3.70. The van der Waals surface area contributed by atoms with Crippen molar-refractivity contribution < 1.29 is 8.42 Å². The van der Waals surface area contributed by atoms with Crippen LogP contribution >= 0.6 is 0 Å². The van der Waals surface area contributed by atoms with E-state index >= 15 is 0 Å². The van der Waals surface area contributed by atoms with E-state index in [-0.39, 0.29) is 4.90 Å². The zero-order valence-corrected chi connectivity index (χ0v) is 12.2. The number of aromatic nitrogens is 1. The highest BCUT2D eigenvalue weighted by atomic mass is 32.2. The lowest BCUT2D eigenvalue weighted by Gasteiger charge is -2.29. The van der Waals surface area contributed by atoms with Crippen LogP contribution in [0.25, 0.3) is 0 Å². The molecule has 0 aromatic carbocycles. The van der Waals surface area contributed by atoms with Gasteiger partial charge in [0.05, 0.1) is 6.07 Å². The summed E-state index contributed by atoms with van der Waals surface area (Å²) in [6, 6.07) is 5.26. The number of nitrogens with zero attached hydrogens (tertiary/aromatic N) is 2. The summed E-state index contributed by atoms with van der Waals surface area (Å²) >= 11 is 0. The largest absolute Gasteiger partial charge is 0.263 e. The molecule has 0 spiro atoms. The molecule has 1 heterocycles. The summed E-state index contributed by atoms with van der Waals surface area (Å²) in [5, 5.41) is 9.48. The van der Waals surface area contributed by atoms with E-state index in [1.807, 2.05) is 0 Å². The van der Waals surface area contributed by atoms with Gasteiger partial charge in [0.1, 0.15) is 10.4 Å². The first kappa shape index (κ1) is 14.9. The van der Waals surface area contributed by atoms with Gasteiger partial charge in [-0.3, -0.25) is 4.98 Å². The SMILES string of the molecule is N#CC1(NS(=O)(=O)c2cccnc2)CCCCCCC1. The minimum Gasteiger partial charge on any atom is -0.263 e. The second-order valence-corrected chi connectivity index (χ2v) is 6.94. The highest BCUT2D eigenvalue weighted by molar-refractivity contribution is 7.89. The highest BCUT2D eigenvalue weighted by Crippen LogP contribution is 2.27. The summed E-state index contributed by atoms with van der Waals surface area (Å²) in [5.41, 5.74) is -0.977. The summed E-state index contributed by atoms with van der Waals surface area (Å²) in [4.78, 5) is 3.93. The number of nitriles is 1. The van der Waals surface area contributed by atoms with Crippen LogP contribution in [0.3, 0.4) is 0 Å². The van der Waals surface area contributed by atoms with Crippen molar-refractivity contribution in [3.05, 3.63) is 24.5 Å². The molecule has 1 N–H and O–H groups in total. The summed E-state index contributed by atoms with van der Waals surface area (Å²) in [6.45, 7) is 0. The number of sulfonamides is 1. The topological polar surface area (TPSA) is 82.9 Å². The molecule has 0 radical (unpaired) electrons. The summed E-state index contributed by atoms with van der Waals surface area (Å²) < 4.78 is 27.3. The minimum atomic E-state index is -3.69. The lowest BCUT2D eigenvalue weighted by Crippen LogP contribution is -2.47. The standard InChI is InChI=1S/C14H19N3O2S/c15-12-14(8-4-2-1-3-5-9-14)17-20(18,19)13-7-6-10-16-11-13/h6-7,10-11,17H,1-5,8-9H2. The number of hydrogen-bond donors (Lipinski definition) is 1. The number of nitrogens with one attached hydrogen (secondary N) is 1. The molecule has 108 valence electrons. The number of rotatable bonds is 3. The van der Waals surface area contributed by atoms with E-state index in [0.717, 1.165) is 32.1 Å². The molecule has 0 unspecified atom stereocenters. The molecule has 0 amide bonds. The van der Waals surface area contributed by atoms with Crippen molar-refractivity contribution in [3.8, 4) is 6.07 Å². The Bertz CT molecular complexity index is 570. The van der Waals surface area contributed by atoms with Crippen LogP contribution in [-0.4, -0.2) is 18.9 Å². The van der Waals surface area contributed by atoms with Gasteiger partial charge in [0.15, 0.2) is 0 Å². The fourth-order valence-corrected chi connectivity index (χ4v) is 3.91. The molecule has 1 saturated carbocycles. The maximum atomic E-state index is 12.4. The summed E-state index contributed by atoms with van der Waals surface area (Å²) in [6.07, 6.45) is 9.00. The van der Waals surface area contributed by atoms with Gasteiger partial charge >= 0.3 is 0 Å². The Morgan fingerprint density at radius 1 is 1.20 bits per heavy atom. The predicted molar refractivity (Wildman–Crippen MR) is 75.2 cm³/mol. The normalized spacial score (nSPS) is 19.6. The first-order chi connectivity index (χ1) is 9.58. The molecule has 20 heavy (non-hydrogen) atoms. The molecule has 1 aromatic rings. The maximum absolute atomic E-state index is 12.4. The highest BCUT2D eigenvalue weighted by Gasteiger charge is 2.35. The van der Waals surface area contributed by atoms with E-state index in [9.17, 15) is 13.7 Å². The Kier molecular flexibility index (Phi) is 4.73. The van der Waals surface area contributed by atoms with E-state index in [4.69, 9.17) is 0 Å². The molecule has 1 fully saturated rings. The second kappa shape index (κ2) is 6.33. The Hall–Kier alpha value is -1.45. The lowest BCUT2D eigenvalue weighted by molar-refractivity contribution is 0.357. The molecule has 0 saturated heterocycles. The minimum absolute atomic E-state index is 0.108. The third kappa shape index (κ3) is 3.56. The third-order valence-corrected chi connectivity index (χ3v) is 5.22. The van der Waals surface area contributed by atoms with Gasteiger partial charge in [-0.05, 0) is 25.0 Å². The molecule has 2 rings (SSSR count). The van der Waals surface area contributed by atoms with Gasteiger partial charge in [-0.1, -0.05) is 32.1 Å². The number of pyridine rings is 1. The maximum Gasteiger partial charge on any atom is 0.243 e. The first-order valence-electron chi connectivity index (χ1n) is 6.93. The molecule has 1 aliphatic carbocycles. The molecule has 6 heteroatoms. The van der Waals surface area contributed by atoms with Crippen molar-refractivity contribution >= 4 is 10.0 Å². The van der Waals surface area contributed by atoms with Gasteiger partial charge < -0.3 is 0 Å². The molecule has 0 bridgehead atoms. The van der Waals surface area contributed by atoms with Crippen LogP contribution in [-0.2, 0) is 10.0 Å². The Balaban J connectivity index is 2.22. The second-order valence-electron chi connectivity index (χ2n) is 5.26. The zero-order valence-electron chi connectivity index (χ0n) is 11.4. The molecule has 1 aromatic heterocycles. The molecular weight excluding hydrogens is 274 g/mol. The first-order valence-corrected chi connectivity index (χ1v) is 8.42. The van der Waals surface area contributed by atoms with Gasteiger partial charge in [0.25, 0.3) is 0 Å². The van der Waals surface area contributed by atoms with E-state index < -0.39 is 15.6 Å². The van der Waals surface area contributed by atoms with Crippen molar-refractivity contribution in [1.29, 1.82) is 5.26 Å². The van der Waals surface area contributed by atoms with Crippen molar-refractivity contribution in [2.75, 3.05) is 0 Å². The summed E-state index contributed by atoms with van der Waals surface area (Å²) in [7, 11) is -3.69. The quantitative estimate of drug-likeness (QED) is 0.927.